The van der Waals surface area contributed by atoms with Crippen LogP contribution in [0.1, 0.15) is 63.0 Å². The third kappa shape index (κ3) is 6.28. The highest BCUT2D eigenvalue weighted by molar-refractivity contribution is 6.31. The fourth-order valence-corrected chi connectivity index (χ4v) is 5.98. The van der Waals surface area contributed by atoms with Crippen molar-refractivity contribution in [3.63, 3.8) is 0 Å². The summed E-state index contributed by atoms with van der Waals surface area (Å²) >= 11 is 6.45. The second-order valence-electron chi connectivity index (χ2n) is 10.3. The minimum Gasteiger partial charge on any atom is -0.337 e. The van der Waals surface area contributed by atoms with E-state index in [0.29, 0.717) is 23.3 Å². The molecule has 3 aliphatic rings. The van der Waals surface area contributed by atoms with Gasteiger partial charge in [-0.2, -0.15) is 0 Å². The van der Waals surface area contributed by atoms with Crippen LogP contribution in [0, 0.1) is 18.8 Å². The van der Waals surface area contributed by atoms with E-state index in [9.17, 15) is 9.59 Å². The molecule has 0 spiro atoms. The molecule has 2 aliphatic heterocycles. The van der Waals surface area contributed by atoms with Gasteiger partial charge in [0.05, 0.1) is 0 Å². The number of carbonyl (C=O) groups is 2. The van der Waals surface area contributed by atoms with Crippen molar-refractivity contribution >= 4 is 29.1 Å². The van der Waals surface area contributed by atoms with Crippen molar-refractivity contribution in [1.29, 1.82) is 0 Å². The number of nitrogens with one attached hydrogen (secondary N) is 2. The van der Waals surface area contributed by atoms with Crippen LogP contribution in [0.5, 0.6) is 0 Å². The fraction of sp³-hybridized carbons (Fsp3) is 0.692. The molecule has 1 saturated carbocycles. The molecule has 0 aromatic heterocycles. The predicted molar refractivity (Wildman–Crippen MR) is 133 cm³/mol. The fourth-order valence-electron chi connectivity index (χ4n) is 5.74. The first-order valence-electron chi connectivity index (χ1n) is 12.7. The molecule has 2 N–H and O–H groups in total. The average molecular weight is 475 g/mol. The van der Waals surface area contributed by atoms with E-state index in [4.69, 9.17) is 11.6 Å². The van der Waals surface area contributed by atoms with E-state index >= 15 is 0 Å². The Hall–Kier alpha value is -1.63. The number of carbonyl (C=O) groups excluding carboxylic acids is 2. The quantitative estimate of drug-likeness (QED) is 0.648. The van der Waals surface area contributed by atoms with E-state index in [1.807, 2.05) is 12.1 Å². The number of nitrogens with zero attached hydrogens (tertiary/aromatic N) is 2. The first-order valence-corrected chi connectivity index (χ1v) is 13.1. The number of anilines is 1. The van der Waals surface area contributed by atoms with E-state index in [0.717, 1.165) is 81.8 Å². The molecule has 0 bridgehead atoms. The third-order valence-corrected chi connectivity index (χ3v) is 7.94. The first-order chi connectivity index (χ1) is 15.9. The summed E-state index contributed by atoms with van der Waals surface area (Å²) in [5.74, 6) is 1.07. The van der Waals surface area contributed by atoms with E-state index < -0.39 is 0 Å². The van der Waals surface area contributed by atoms with E-state index in [1.165, 1.54) is 12.8 Å². The van der Waals surface area contributed by atoms with Crippen LogP contribution >= 0.6 is 11.6 Å². The van der Waals surface area contributed by atoms with Gasteiger partial charge < -0.3 is 15.5 Å². The molecule has 7 heteroatoms. The van der Waals surface area contributed by atoms with E-state index in [2.05, 4.69) is 34.3 Å². The summed E-state index contributed by atoms with van der Waals surface area (Å²) in [7, 11) is 0. The molecule has 1 aliphatic carbocycles. The second kappa shape index (κ2) is 11.2. The van der Waals surface area contributed by atoms with Crippen LogP contribution in [-0.4, -0.2) is 60.4 Å². The van der Waals surface area contributed by atoms with Gasteiger partial charge in [0.1, 0.15) is 0 Å². The molecule has 2 heterocycles. The van der Waals surface area contributed by atoms with Gasteiger partial charge >= 0.3 is 0 Å². The number of piperidine rings is 1. The number of halogens is 1. The number of hydrogen-bond acceptors (Lipinski definition) is 4. The van der Waals surface area contributed by atoms with Crippen LogP contribution < -0.4 is 10.6 Å². The highest BCUT2D eigenvalue weighted by atomic mass is 35.5. The van der Waals surface area contributed by atoms with Crippen LogP contribution in [0.25, 0.3) is 0 Å². The lowest BCUT2D eigenvalue weighted by Gasteiger charge is -2.41. The van der Waals surface area contributed by atoms with Gasteiger partial charge in [0.25, 0.3) is 0 Å². The minimum atomic E-state index is 0.0627. The van der Waals surface area contributed by atoms with Gasteiger partial charge in [0.2, 0.25) is 11.8 Å². The van der Waals surface area contributed by atoms with E-state index in [1.54, 1.807) is 0 Å². The van der Waals surface area contributed by atoms with Gasteiger partial charge in [-0.1, -0.05) is 24.4 Å². The molecule has 1 aromatic carbocycles. The second-order valence-corrected chi connectivity index (χ2v) is 10.7. The topological polar surface area (TPSA) is 64.7 Å². The Morgan fingerprint density at radius 1 is 1.15 bits per heavy atom. The lowest BCUT2D eigenvalue weighted by molar-refractivity contribution is -0.140. The van der Waals surface area contributed by atoms with Crippen molar-refractivity contribution in [3.8, 4) is 0 Å². The Morgan fingerprint density at radius 2 is 1.94 bits per heavy atom. The average Bonchev–Trinajstić information content (AvgIpc) is 3.32. The number of hydrogen-bond donors (Lipinski definition) is 2. The smallest absolute Gasteiger partial charge is 0.226 e. The Morgan fingerprint density at radius 3 is 2.64 bits per heavy atom. The van der Waals surface area contributed by atoms with Crippen molar-refractivity contribution in [2.24, 2.45) is 11.8 Å². The lowest BCUT2D eigenvalue weighted by Crippen LogP contribution is -2.54. The molecular weight excluding hydrogens is 436 g/mol. The summed E-state index contributed by atoms with van der Waals surface area (Å²) in [6.45, 7) is 9.48. The van der Waals surface area contributed by atoms with Crippen LogP contribution in [0.2, 0.25) is 5.02 Å². The molecule has 2 saturated heterocycles. The highest BCUT2D eigenvalue weighted by Crippen LogP contribution is 2.30. The van der Waals surface area contributed by atoms with Crippen molar-refractivity contribution in [3.05, 3.63) is 28.3 Å². The molecular formula is C26H39ClN4O2. The molecule has 2 amide bonds. The third-order valence-electron chi connectivity index (χ3n) is 7.72. The van der Waals surface area contributed by atoms with Crippen molar-refractivity contribution in [2.75, 3.05) is 38.0 Å². The maximum Gasteiger partial charge on any atom is 0.226 e. The van der Waals surface area contributed by atoms with Gasteiger partial charge in [0, 0.05) is 55.3 Å². The molecule has 4 rings (SSSR count). The molecule has 6 nitrogen and oxygen atoms in total. The number of piperazine rings is 1. The largest absolute Gasteiger partial charge is 0.337 e. The normalized spacial score (nSPS) is 24.8. The minimum absolute atomic E-state index is 0.0627. The van der Waals surface area contributed by atoms with Crippen molar-refractivity contribution in [2.45, 2.75) is 71.4 Å². The Balaban J connectivity index is 1.35. The van der Waals surface area contributed by atoms with Crippen molar-refractivity contribution in [1.82, 2.24) is 15.1 Å². The molecule has 0 radical (unpaired) electrons. The molecule has 182 valence electrons. The summed E-state index contributed by atoms with van der Waals surface area (Å²) in [5, 5.41) is 7.14. The summed E-state index contributed by atoms with van der Waals surface area (Å²) in [6, 6.07) is 4.09. The molecule has 2 atom stereocenters. The van der Waals surface area contributed by atoms with Crippen LogP contribution in [0.15, 0.2) is 12.1 Å². The Labute approximate surface area is 203 Å². The Kier molecular flexibility index (Phi) is 8.31. The molecule has 33 heavy (non-hydrogen) atoms. The standard InChI is InChI=1S/C26H39ClN4O2/c1-18-16-30(10-11-31(18)26(33)21-7-3-4-8-21)17-22-13-23(27)14-24(19(22)2)29-25(32)12-20-6-5-9-28-15-20/h13-14,18,20-21,28H,3-12,15-17H2,1-2H3,(H,29,32)/t18-,20?/m0/s1. The van der Waals surface area contributed by atoms with Gasteiger partial charge in [-0.15, -0.1) is 0 Å². The summed E-state index contributed by atoms with van der Waals surface area (Å²) in [6.07, 6.45) is 7.27. The van der Waals surface area contributed by atoms with Gasteiger partial charge in [0.15, 0.2) is 0 Å². The van der Waals surface area contributed by atoms with Crippen LogP contribution in [0.3, 0.4) is 0 Å². The highest BCUT2D eigenvalue weighted by Gasteiger charge is 2.33. The summed E-state index contributed by atoms with van der Waals surface area (Å²) < 4.78 is 0. The molecule has 1 unspecified atom stereocenters. The monoisotopic (exact) mass is 474 g/mol. The molecule has 3 fully saturated rings. The maximum atomic E-state index is 12.9. The zero-order valence-electron chi connectivity index (χ0n) is 20.2. The maximum absolute atomic E-state index is 12.9. The number of rotatable bonds is 6. The predicted octanol–water partition coefficient (Wildman–Crippen LogP) is 4.20. The van der Waals surface area contributed by atoms with E-state index in [-0.39, 0.29) is 17.9 Å². The van der Waals surface area contributed by atoms with Gasteiger partial charge in [-0.05, 0) is 81.8 Å². The summed E-state index contributed by atoms with van der Waals surface area (Å²) in [5.41, 5.74) is 3.03. The molecule has 1 aromatic rings. The van der Waals surface area contributed by atoms with Crippen LogP contribution in [-0.2, 0) is 16.1 Å². The lowest BCUT2D eigenvalue weighted by atomic mass is 9.96. The SMILES string of the molecule is Cc1c(CN2CCN(C(=O)C3CCCC3)[C@@H](C)C2)cc(Cl)cc1NC(=O)CC1CCCNC1. The van der Waals surface area contributed by atoms with Crippen LogP contribution in [0.4, 0.5) is 5.69 Å². The number of benzene rings is 1. The summed E-state index contributed by atoms with van der Waals surface area (Å²) in [4.78, 5) is 30.1. The number of amides is 2. The first kappa shape index (κ1) is 24.5. The van der Waals surface area contributed by atoms with Crippen molar-refractivity contribution < 1.29 is 9.59 Å². The van der Waals surface area contributed by atoms with Gasteiger partial charge in [-0.25, -0.2) is 0 Å². The zero-order valence-corrected chi connectivity index (χ0v) is 20.9. The Bertz CT molecular complexity index is 849. The van der Waals surface area contributed by atoms with Gasteiger partial charge in [-0.3, -0.25) is 14.5 Å². The zero-order chi connectivity index (χ0) is 23.4.